The van der Waals surface area contributed by atoms with Gasteiger partial charge in [-0.2, -0.15) is 13.2 Å². The third kappa shape index (κ3) is 7.71. The maximum absolute atomic E-state index is 13.0. The summed E-state index contributed by atoms with van der Waals surface area (Å²) >= 11 is 6.07. The van der Waals surface area contributed by atoms with Crippen molar-refractivity contribution in [3.05, 3.63) is 76.5 Å². The molecule has 0 spiro atoms. The highest BCUT2D eigenvalue weighted by molar-refractivity contribution is 6.33. The number of rotatable bonds is 9. The minimum Gasteiger partial charge on any atom is -0.395 e. The Hall–Kier alpha value is -2.88. The molecule has 2 rings (SSSR count). The molecule has 2 aromatic rings. The maximum atomic E-state index is 13.0. The Balaban J connectivity index is 2.27. The van der Waals surface area contributed by atoms with Gasteiger partial charge in [0, 0.05) is 17.7 Å². The summed E-state index contributed by atoms with van der Waals surface area (Å²) in [5.41, 5.74) is 4.69. The predicted octanol–water partition coefficient (Wildman–Crippen LogP) is 3.60. The van der Waals surface area contributed by atoms with Crippen molar-refractivity contribution in [2.24, 2.45) is 10.7 Å². The topological polar surface area (TPSA) is 96.9 Å². The molecule has 0 bridgehead atoms. The number of aliphatic imine (C=N–C) groups is 1. The van der Waals surface area contributed by atoms with E-state index >= 15 is 0 Å². The van der Waals surface area contributed by atoms with Crippen molar-refractivity contribution in [2.45, 2.75) is 6.18 Å². The number of hydrogen-bond acceptors (Lipinski definition) is 5. The van der Waals surface area contributed by atoms with E-state index in [-0.39, 0.29) is 48.7 Å². The first-order valence-corrected chi connectivity index (χ1v) is 9.55. The molecule has 6 nitrogen and oxygen atoms in total. The number of carbonyl (C=O) groups is 1. The first kappa shape index (κ1) is 24.4. The highest BCUT2D eigenvalue weighted by atomic mass is 35.5. The molecule has 0 aliphatic rings. The Kier molecular flexibility index (Phi) is 9.04. The first-order chi connectivity index (χ1) is 14.7. The van der Waals surface area contributed by atoms with E-state index in [1.54, 1.807) is 24.3 Å². The zero-order chi connectivity index (χ0) is 22.9. The number of nitrogens with one attached hydrogen (secondary N) is 1. The number of nitrogens with two attached hydrogens (primary N) is 1. The monoisotopic (exact) mass is 455 g/mol. The summed E-state index contributed by atoms with van der Waals surface area (Å²) in [6.45, 7) is 0.540. The molecule has 1 amide bonds. The molecule has 0 atom stereocenters. The van der Waals surface area contributed by atoms with Gasteiger partial charge in [0.15, 0.2) is 0 Å². The van der Waals surface area contributed by atoms with Crippen molar-refractivity contribution in [3.63, 3.8) is 0 Å². The molecule has 0 fully saturated rings. The van der Waals surface area contributed by atoms with Crippen molar-refractivity contribution in [1.82, 2.24) is 5.32 Å². The second-order valence-electron chi connectivity index (χ2n) is 6.22. The number of para-hydroxylation sites is 1. The van der Waals surface area contributed by atoms with Crippen LogP contribution in [0.1, 0.15) is 15.9 Å². The summed E-state index contributed by atoms with van der Waals surface area (Å²) in [4.78, 5) is 16.4. The van der Waals surface area contributed by atoms with Gasteiger partial charge in [0.1, 0.15) is 5.70 Å². The van der Waals surface area contributed by atoms with Crippen LogP contribution in [-0.2, 0) is 4.74 Å². The third-order valence-electron chi connectivity index (χ3n) is 3.92. The van der Waals surface area contributed by atoms with E-state index in [1.165, 1.54) is 24.3 Å². The SMILES string of the molecule is NC(=CC(=Nc1ccccc1Cl)c1ccc(C(=O)NCCOCCO)cc1)C(F)(F)F. The number of ether oxygens (including phenoxy) is 1. The van der Waals surface area contributed by atoms with Crippen molar-refractivity contribution >= 4 is 28.9 Å². The van der Waals surface area contributed by atoms with Gasteiger partial charge in [-0.1, -0.05) is 35.9 Å². The smallest absolute Gasteiger partial charge is 0.395 e. The summed E-state index contributed by atoms with van der Waals surface area (Å²) in [7, 11) is 0. The number of nitrogens with zero attached hydrogens (tertiary/aromatic N) is 1. The molecule has 4 N–H and O–H groups in total. The lowest BCUT2D eigenvalue weighted by Gasteiger charge is -2.10. The predicted molar refractivity (Wildman–Crippen MR) is 113 cm³/mol. The number of hydrogen-bond donors (Lipinski definition) is 3. The van der Waals surface area contributed by atoms with Crippen LogP contribution in [0.3, 0.4) is 0 Å². The molecule has 0 aliphatic carbocycles. The summed E-state index contributed by atoms with van der Waals surface area (Å²) in [5, 5.41) is 11.5. The number of alkyl halides is 3. The van der Waals surface area contributed by atoms with E-state index in [0.29, 0.717) is 11.1 Å². The minimum atomic E-state index is -4.72. The van der Waals surface area contributed by atoms with Crippen LogP contribution >= 0.6 is 11.6 Å². The lowest BCUT2D eigenvalue weighted by molar-refractivity contribution is -0.0925. The molecule has 0 unspecified atom stereocenters. The van der Waals surface area contributed by atoms with Gasteiger partial charge in [0.2, 0.25) is 0 Å². The lowest BCUT2D eigenvalue weighted by atomic mass is 10.1. The Morgan fingerprint density at radius 3 is 2.39 bits per heavy atom. The van der Waals surface area contributed by atoms with Crippen LogP contribution in [0.5, 0.6) is 0 Å². The standard InChI is InChI=1S/C21H21ClF3N3O3/c22-16-3-1-2-4-17(16)28-18(13-19(26)21(23,24)25)14-5-7-15(8-6-14)20(30)27-9-11-31-12-10-29/h1-8,13,29H,9-12,26H2,(H,27,30). The van der Waals surface area contributed by atoms with E-state index in [2.05, 4.69) is 10.3 Å². The highest BCUT2D eigenvalue weighted by Crippen LogP contribution is 2.27. The molecule has 0 heterocycles. The summed E-state index contributed by atoms with van der Waals surface area (Å²) < 4.78 is 43.9. The van der Waals surface area contributed by atoms with Crippen molar-refractivity contribution in [1.29, 1.82) is 0 Å². The van der Waals surface area contributed by atoms with Crippen molar-refractivity contribution < 1.29 is 27.8 Å². The van der Waals surface area contributed by atoms with E-state index < -0.39 is 11.9 Å². The second-order valence-corrected chi connectivity index (χ2v) is 6.62. The number of carbonyl (C=O) groups excluding carboxylic acids is 1. The van der Waals surface area contributed by atoms with Gasteiger partial charge in [0.25, 0.3) is 5.91 Å². The second kappa shape index (κ2) is 11.5. The Bertz CT molecular complexity index is 945. The quantitative estimate of drug-likeness (QED) is 0.397. The number of halogens is 4. The fourth-order valence-corrected chi connectivity index (χ4v) is 2.56. The lowest BCUT2D eigenvalue weighted by Crippen LogP contribution is -2.27. The maximum Gasteiger partial charge on any atom is 0.430 e. The van der Waals surface area contributed by atoms with Gasteiger partial charge in [-0.15, -0.1) is 0 Å². The minimum absolute atomic E-state index is 0.0627. The zero-order valence-electron chi connectivity index (χ0n) is 16.3. The van der Waals surface area contributed by atoms with E-state index in [9.17, 15) is 18.0 Å². The Morgan fingerprint density at radius 1 is 1.13 bits per heavy atom. The van der Waals surface area contributed by atoms with Crippen molar-refractivity contribution in [2.75, 3.05) is 26.4 Å². The first-order valence-electron chi connectivity index (χ1n) is 9.17. The average molecular weight is 456 g/mol. The number of benzene rings is 2. The van der Waals surface area contributed by atoms with E-state index in [4.69, 9.17) is 27.2 Å². The summed E-state index contributed by atoms with van der Waals surface area (Å²) in [6.07, 6.45) is -4.00. The fourth-order valence-electron chi connectivity index (χ4n) is 2.38. The molecule has 0 saturated carbocycles. The van der Waals surface area contributed by atoms with E-state index in [0.717, 1.165) is 6.08 Å². The number of amides is 1. The van der Waals surface area contributed by atoms with Crippen LogP contribution < -0.4 is 11.1 Å². The van der Waals surface area contributed by atoms with Gasteiger partial charge < -0.3 is 20.9 Å². The van der Waals surface area contributed by atoms with Crippen LogP contribution in [0, 0.1) is 0 Å². The normalized spacial score (nSPS) is 12.7. The molecule has 166 valence electrons. The van der Waals surface area contributed by atoms with Crippen LogP contribution in [0.15, 0.2) is 65.3 Å². The molecule has 0 saturated heterocycles. The number of allylic oxidation sites excluding steroid dienone is 2. The van der Waals surface area contributed by atoms with Gasteiger partial charge >= 0.3 is 6.18 Å². The van der Waals surface area contributed by atoms with Gasteiger partial charge in [-0.3, -0.25) is 4.79 Å². The molecule has 0 aromatic heterocycles. The van der Waals surface area contributed by atoms with Crippen LogP contribution in [0.25, 0.3) is 0 Å². The van der Waals surface area contributed by atoms with Crippen LogP contribution in [0.4, 0.5) is 18.9 Å². The Labute approximate surface area is 182 Å². The van der Waals surface area contributed by atoms with Crippen molar-refractivity contribution in [3.8, 4) is 0 Å². The number of aliphatic hydroxyl groups is 1. The fraction of sp³-hybridized carbons (Fsp3) is 0.238. The average Bonchev–Trinajstić information content (AvgIpc) is 2.74. The molecule has 0 aliphatic heterocycles. The zero-order valence-corrected chi connectivity index (χ0v) is 17.1. The molecule has 0 radical (unpaired) electrons. The molecular formula is C21H21ClF3N3O3. The molecule has 31 heavy (non-hydrogen) atoms. The third-order valence-corrected chi connectivity index (χ3v) is 4.24. The van der Waals surface area contributed by atoms with Crippen LogP contribution in [-0.4, -0.2) is 49.3 Å². The van der Waals surface area contributed by atoms with Gasteiger partial charge in [-0.25, -0.2) is 4.99 Å². The van der Waals surface area contributed by atoms with Crippen LogP contribution in [0.2, 0.25) is 5.02 Å². The van der Waals surface area contributed by atoms with Gasteiger partial charge in [-0.05, 0) is 30.3 Å². The largest absolute Gasteiger partial charge is 0.430 e. The molecule has 10 heteroatoms. The summed E-state index contributed by atoms with van der Waals surface area (Å²) in [6, 6.07) is 12.3. The van der Waals surface area contributed by atoms with E-state index in [1.807, 2.05) is 0 Å². The molecular weight excluding hydrogens is 435 g/mol. The summed E-state index contributed by atoms with van der Waals surface area (Å²) in [5.74, 6) is -0.380. The Morgan fingerprint density at radius 2 is 1.77 bits per heavy atom. The van der Waals surface area contributed by atoms with Gasteiger partial charge in [0.05, 0.1) is 36.2 Å². The number of aliphatic hydroxyl groups excluding tert-OH is 1. The molecule has 2 aromatic carbocycles. The highest BCUT2D eigenvalue weighted by Gasteiger charge is 2.31.